The van der Waals surface area contributed by atoms with Gasteiger partial charge in [-0.05, 0) is 36.8 Å². The standard InChI is InChI=1S/C16H13FO/c1-3-16(18-14-7-5-4-6-8-14)15-10-9-13(17)11-12(15)2/h1,4-11,16H,2H3. The first-order valence-corrected chi connectivity index (χ1v) is 5.64. The highest BCUT2D eigenvalue weighted by atomic mass is 19.1. The van der Waals surface area contributed by atoms with Crippen LogP contribution in [0.2, 0.25) is 0 Å². The molecule has 0 aromatic heterocycles. The first kappa shape index (κ1) is 12.2. The van der Waals surface area contributed by atoms with Gasteiger partial charge in [0.15, 0.2) is 6.10 Å². The van der Waals surface area contributed by atoms with E-state index in [4.69, 9.17) is 11.2 Å². The lowest BCUT2D eigenvalue weighted by molar-refractivity contribution is 0.264. The second kappa shape index (κ2) is 5.37. The fraction of sp³-hybridized carbons (Fsp3) is 0.125. The minimum atomic E-state index is -0.506. The van der Waals surface area contributed by atoms with E-state index in [-0.39, 0.29) is 5.82 Å². The largest absolute Gasteiger partial charge is 0.473 e. The van der Waals surface area contributed by atoms with Gasteiger partial charge >= 0.3 is 0 Å². The normalized spacial score (nSPS) is 11.6. The molecule has 0 fully saturated rings. The fourth-order valence-electron chi connectivity index (χ4n) is 1.76. The van der Waals surface area contributed by atoms with Gasteiger partial charge in [0.1, 0.15) is 11.6 Å². The summed E-state index contributed by atoms with van der Waals surface area (Å²) in [7, 11) is 0. The molecule has 0 aliphatic heterocycles. The molecule has 0 N–H and O–H groups in total. The maximum absolute atomic E-state index is 13.0. The third kappa shape index (κ3) is 2.70. The summed E-state index contributed by atoms with van der Waals surface area (Å²) in [6, 6.07) is 13.8. The Bertz CT molecular complexity index is 569. The first-order valence-electron chi connectivity index (χ1n) is 5.64. The van der Waals surface area contributed by atoms with Crippen LogP contribution < -0.4 is 4.74 Å². The smallest absolute Gasteiger partial charge is 0.184 e. The van der Waals surface area contributed by atoms with Crippen LogP contribution in [0.15, 0.2) is 48.5 Å². The van der Waals surface area contributed by atoms with E-state index < -0.39 is 6.10 Å². The van der Waals surface area contributed by atoms with Crippen LogP contribution in [0.25, 0.3) is 0 Å². The zero-order valence-electron chi connectivity index (χ0n) is 10.1. The van der Waals surface area contributed by atoms with Crippen LogP contribution >= 0.6 is 0 Å². The van der Waals surface area contributed by atoms with Gasteiger partial charge in [-0.25, -0.2) is 4.39 Å². The molecule has 1 atom stereocenters. The lowest BCUT2D eigenvalue weighted by Crippen LogP contribution is -2.07. The molecule has 2 aromatic rings. The SMILES string of the molecule is C#CC(Oc1ccccc1)c1ccc(F)cc1C. The van der Waals surface area contributed by atoms with Crippen molar-refractivity contribution in [2.45, 2.75) is 13.0 Å². The molecule has 0 aliphatic rings. The van der Waals surface area contributed by atoms with Crippen LogP contribution in [0.3, 0.4) is 0 Å². The van der Waals surface area contributed by atoms with Gasteiger partial charge in [0.2, 0.25) is 0 Å². The molecule has 0 radical (unpaired) electrons. The summed E-state index contributed by atoms with van der Waals surface area (Å²) in [5.74, 6) is 3.01. The van der Waals surface area contributed by atoms with E-state index in [2.05, 4.69) is 5.92 Å². The predicted molar refractivity (Wildman–Crippen MR) is 69.8 cm³/mol. The van der Waals surface area contributed by atoms with Crippen LogP contribution in [0.1, 0.15) is 17.2 Å². The highest BCUT2D eigenvalue weighted by Crippen LogP contribution is 2.24. The molecule has 2 aromatic carbocycles. The van der Waals surface area contributed by atoms with Gasteiger partial charge in [-0.15, -0.1) is 6.42 Å². The second-order valence-electron chi connectivity index (χ2n) is 3.98. The Hall–Kier alpha value is -2.27. The molecule has 0 bridgehead atoms. The number of aryl methyl sites for hydroxylation is 1. The summed E-state index contributed by atoms with van der Waals surface area (Å²) in [5, 5.41) is 0. The van der Waals surface area contributed by atoms with Crippen molar-refractivity contribution in [3.05, 3.63) is 65.5 Å². The Morgan fingerprint density at radius 2 is 1.89 bits per heavy atom. The number of ether oxygens (including phenoxy) is 1. The molecule has 0 amide bonds. The molecular formula is C16H13FO. The van der Waals surface area contributed by atoms with Crippen LogP contribution in [0.4, 0.5) is 4.39 Å². The van der Waals surface area contributed by atoms with Crippen molar-refractivity contribution >= 4 is 0 Å². The molecule has 18 heavy (non-hydrogen) atoms. The molecular weight excluding hydrogens is 227 g/mol. The molecule has 0 spiro atoms. The van der Waals surface area contributed by atoms with E-state index in [1.54, 1.807) is 6.07 Å². The van der Waals surface area contributed by atoms with Crippen molar-refractivity contribution in [2.75, 3.05) is 0 Å². The maximum atomic E-state index is 13.0. The topological polar surface area (TPSA) is 9.23 Å². The molecule has 0 saturated heterocycles. The van der Waals surface area contributed by atoms with Gasteiger partial charge in [-0.1, -0.05) is 30.2 Å². The van der Waals surface area contributed by atoms with Gasteiger partial charge in [-0.3, -0.25) is 0 Å². The number of benzene rings is 2. The van der Waals surface area contributed by atoms with Crippen molar-refractivity contribution in [3.8, 4) is 18.1 Å². The van der Waals surface area contributed by atoms with Gasteiger partial charge in [0.05, 0.1) is 0 Å². The number of para-hydroxylation sites is 1. The Morgan fingerprint density at radius 1 is 1.17 bits per heavy atom. The minimum Gasteiger partial charge on any atom is -0.473 e. The molecule has 0 saturated carbocycles. The Labute approximate surface area is 106 Å². The quantitative estimate of drug-likeness (QED) is 0.740. The number of rotatable bonds is 3. The van der Waals surface area contributed by atoms with Crippen LogP contribution in [0.5, 0.6) is 5.75 Å². The average Bonchev–Trinajstić information content (AvgIpc) is 2.38. The molecule has 2 heteroatoms. The molecule has 90 valence electrons. The summed E-state index contributed by atoms with van der Waals surface area (Å²) in [6.07, 6.45) is 4.98. The Kier molecular flexibility index (Phi) is 3.64. The van der Waals surface area contributed by atoms with Crippen molar-refractivity contribution in [1.29, 1.82) is 0 Å². The summed E-state index contributed by atoms with van der Waals surface area (Å²) in [6.45, 7) is 1.82. The summed E-state index contributed by atoms with van der Waals surface area (Å²) in [4.78, 5) is 0. The third-order valence-electron chi connectivity index (χ3n) is 2.66. The molecule has 2 rings (SSSR count). The monoisotopic (exact) mass is 240 g/mol. The van der Waals surface area contributed by atoms with Crippen molar-refractivity contribution < 1.29 is 9.13 Å². The Morgan fingerprint density at radius 3 is 2.50 bits per heavy atom. The average molecular weight is 240 g/mol. The summed E-state index contributed by atoms with van der Waals surface area (Å²) < 4.78 is 18.8. The molecule has 1 nitrogen and oxygen atoms in total. The van der Waals surface area contributed by atoms with E-state index in [9.17, 15) is 4.39 Å². The van der Waals surface area contributed by atoms with Crippen molar-refractivity contribution in [1.82, 2.24) is 0 Å². The number of hydrogen-bond donors (Lipinski definition) is 0. The number of halogens is 1. The summed E-state index contributed by atoms with van der Waals surface area (Å²) >= 11 is 0. The van der Waals surface area contributed by atoms with Crippen molar-refractivity contribution in [3.63, 3.8) is 0 Å². The summed E-state index contributed by atoms with van der Waals surface area (Å²) in [5.41, 5.74) is 1.59. The van der Waals surface area contributed by atoms with E-state index in [1.807, 2.05) is 37.3 Å². The second-order valence-corrected chi connectivity index (χ2v) is 3.98. The molecule has 0 aliphatic carbocycles. The van der Waals surface area contributed by atoms with Crippen LogP contribution in [-0.4, -0.2) is 0 Å². The van der Waals surface area contributed by atoms with Gasteiger partial charge < -0.3 is 4.74 Å². The fourth-order valence-corrected chi connectivity index (χ4v) is 1.76. The van der Waals surface area contributed by atoms with Gasteiger partial charge in [0.25, 0.3) is 0 Å². The number of hydrogen-bond acceptors (Lipinski definition) is 1. The van der Waals surface area contributed by atoms with E-state index >= 15 is 0 Å². The Balaban J connectivity index is 2.27. The zero-order chi connectivity index (χ0) is 13.0. The lowest BCUT2D eigenvalue weighted by atomic mass is 10.0. The van der Waals surface area contributed by atoms with Crippen LogP contribution in [-0.2, 0) is 0 Å². The third-order valence-corrected chi connectivity index (χ3v) is 2.66. The minimum absolute atomic E-state index is 0.272. The van der Waals surface area contributed by atoms with Crippen LogP contribution in [0, 0.1) is 25.1 Å². The van der Waals surface area contributed by atoms with E-state index in [0.717, 1.165) is 11.1 Å². The highest BCUT2D eigenvalue weighted by molar-refractivity contribution is 5.34. The number of terminal acetylenes is 1. The first-order chi connectivity index (χ1) is 8.70. The maximum Gasteiger partial charge on any atom is 0.184 e. The predicted octanol–water partition coefficient (Wildman–Crippen LogP) is 3.89. The van der Waals surface area contributed by atoms with E-state index in [1.165, 1.54) is 12.1 Å². The zero-order valence-corrected chi connectivity index (χ0v) is 10.1. The molecule has 0 heterocycles. The lowest BCUT2D eigenvalue weighted by Gasteiger charge is -2.16. The highest BCUT2D eigenvalue weighted by Gasteiger charge is 2.13. The van der Waals surface area contributed by atoms with Gasteiger partial charge in [0, 0.05) is 5.56 Å². The van der Waals surface area contributed by atoms with Crippen molar-refractivity contribution in [2.24, 2.45) is 0 Å². The van der Waals surface area contributed by atoms with Gasteiger partial charge in [-0.2, -0.15) is 0 Å². The van der Waals surface area contributed by atoms with E-state index in [0.29, 0.717) is 5.75 Å². The molecule has 1 unspecified atom stereocenters.